The molecule has 1 fully saturated rings. The standard InChI is InChI=1S/C29H33N3O3/c1-18-9-8-10-23(27(33)32-13-6-7-14-32)25(18)20-11-12-24-21(16-20)17-22(15-19(2)28(34)35)26(30-24)31-29(3,4)5/h8-12,15-17H,6-7,13-14H2,1-5H3,(H,30,31)(H,34,35)/b19-15+. The maximum atomic E-state index is 13.3. The first kappa shape index (κ1) is 24.5. The van der Waals surface area contributed by atoms with E-state index in [2.05, 4.69) is 5.32 Å². The molecule has 2 aromatic carbocycles. The molecular weight excluding hydrogens is 438 g/mol. The third kappa shape index (κ3) is 5.37. The van der Waals surface area contributed by atoms with Crippen molar-refractivity contribution >= 4 is 34.7 Å². The molecule has 0 unspecified atom stereocenters. The van der Waals surface area contributed by atoms with Gasteiger partial charge in [-0.15, -0.1) is 0 Å². The Bertz CT molecular complexity index is 1330. The van der Waals surface area contributed by atoms with Crippen LogP contribution in [0.4, 0.5) is 5.82 Å². The minimum Gasteiger partial charge on any atom is -0.478 e. The topological polar surface area (TPSA) is 82.5 Å². The molecule has 0 radical (unpaired) electrons. The third-order valence-electron chi connectivity index (χ3n) is 6.23. The predicted molar refractivity (Wildman–Crippen MR) is 142 cm³/mol. The van der Waals surface area contributed by atoms with Crippen LogP contribution >= 0.6 is 0 Å². The van der Waals surface area contributed by atoms with Crippen molar-refractivity contribution in [2.24, 2.45) is 0 Å². The second kappa shape index (κ2) is 9.53. The average molecular weight is 472 g/mol. The fourth-order valence-corrected chi connectivity index (χ4v) is 4.53. The predicted octanol–water partition coefficient (Wildman–Crippen LogP) is 6.14. The summed E-state index contributed by atoms with van der Waals surface area (Å²) >= 11 is 0. The highest BCUT2D eigenvalue weighted by Gasteiger charge is 2.23. The number of nitrogens with one attached hydrogen (secondary N) is 1. The number of benzene rings is 2. The van der Waals surface area contributed by atoms with Crippen molar-refractivity contribution in [1.82, 2.24) is 9.88 Å². The monoisotopic (exact) mass is 471 g/mol. The molecule has 2 heterocycles. The number of pyridine rings is 1. The normalized spacial score (nSPS) is 14.4. The van der Waals surface area contributed by atoms with Gasteiger partial charge in [0.2, 0.25) is 0 Å². The van der Waals surface area contributed by atoms with Crippen molar-refractivity contribution in [2.75, 3.05) is 18.4 Å². The SMILES string of the molecule is C/C(=C\c1cc2cc(-c3c(C)cccc3C(=O)N3CCCC3)ccc2nc1NC(C)(C)C)C(=O)O. The number of fused-ring (bicyclic) bond motifs is 1. The number of aliphatic carboxylic acids is 1. The summed E-state index contributed by atoms with van der Waals surface area (Å²) in [6, 6.07) is 13.9. The van der Waals surface area contributed by atoms with Crippen LogP contribution in [0.5, 0.6) is 0 Å². The van der Waals surface area contributed by atoms with Crippen LogP contribution in [0, 0.1) is 6.92 Å². The van der Waals surface area contributed by atoms with Gasteiger partial charge in [0.05, 0.1) is 5.52 Å². The van der Waals surface area contributed by atoms with E-state index in [4.69, 9.17) is 4.98 Å². The van der Waals surface area contributed by atoms with Crippen molar-refractivity contribution in [3.63, 3.8) is 0 Å². The lowest BCUT2D eigenvalue weighted by Gasteiger charge is -2.23. The number of carbonyl (C=O) groups excluding carboxylic acids is 1. The Hall–Kier alpha value is -3.67. The molecule has 6 nitrogen and oxygen atoms in total. The highest BCUT2D eigenvalue weighted by Crippen LogP contribution is 2.33. The van der Waals surface area contributed by atoms with Crippen LogP contribution in [0.2, 0.25) is 0 Å². The number of carbonyl (C=O) groups is 2. The molecule has 0 atom stereocenters. The Morgan fingerprint density at radius 3 is 2.46 bits per heavy atom. The van der Waals surface area contributed by atoms with Gasteiger partial charge in [-0.1, -0.05) is 18.2 Å². The minimum absolute atomic E-state index is 0.0739. The Morgan fingerprint density at radius 1 is 1.09 bits per heavy atom. The number of aromatic nitrogens is 1. The number of carboxylic acids is 1. The van der Waals surface area contributed by atoms with E-state index in [1.54, 1.807) is 13.0 Å². The zero-order valence-corrected chi connectivity index (χ0v) is 21.1. The zero-order valence-electron chi connectivity index (χ0n) is 21.1. The molecule has 1 saturated heterocycles. The molecule has 1 amide bonds. The Morgan fingerprint density at radius 2 is 1.80 bits per heavy atom. The molecule has 1 aliphatic rings. The van der Waals surface area contributed by atoms with Gasteiger partial charge in [0, 0.05) is 40.7 Å². The van der Waals surface area contributed by atoms with E-state index in [9.17, 15) is 14.7 Å². The van der Waals surface area contributed by atoms with Crippen LogP contribution in [-0.2, 0) is 4.79 Å². The largest absolute Gasteiger partial charge is 0.478 e. The van der Waals surface area contributed by atoms with Crippen LogP contribution in [0.25, 0.3) is 28.1 Å². The molecule has 6 heteroatoms. The molecule has 2 N–H and O–H groups in total. The molecular formula is C29H33N3O3. The highest BCUT2D eigenvalue weighted by molar-refractivity contribution is 6.03. The van der Waals surface area contributed by atoms with Gasteiger partial charge in [0.1, 0.15) is 5.82 Å². The van der Waals surface area contributed by atoms with Crippen molar-refractivity contribution in [2.45, 2.75) is 53.0 Å². The third-order valence-corrected chi connectivity index (χ3v) is 6.23. The average Bonchev–Trinajstić information content (AvgIpc) is 3.32. The lowest BCUT2D eigenvalue weighted by molar-refractivity contribution is -0.132. The van der Waals surface area contributed by atoms with Gasteiger partial charge in [-0.05, 0) is 94.5 Å². The molecule has 35 heavy (non-hydrogen) atoms. The van der Waals surface area contributed by atoms with E-state index in [0.717, 1.165) is 53.5 Å². The molecule has 0 bridgehead atoms. The highest BCUT2D eigenvalue weighted by atomic mass is 16.4. The van der Waals surface area contributed by atoms with Crippen LogP contribution in [-0.4, -0.2) is 45.5 Å². The lowest BCUT2D eigenvalue weighted by atomic mass is 9.93. The number of carboxylic acid groups (broad SMARTS) is 1. The number of likely N-dealkylation sites (tertiary alicyclic amines) is 1. The van der Waals surface area contributed by atoms with Crippen LogP contribution in [0.1, 0.15) is 62.0 Å². The number of anilines is 1. The molecule has 182 valence electrons. The molecule has 4 rings (SSSR count). The summed E-state index contributed by atoms with van der Waals surface area (Å²) in [5.74, 6) is -0.255. The summed E-state index contributed by atoms with van der Waals surface area (Å²) in [4.78, 5) is 31.6. The summed E-state index contributed by atoms with van der Waals surface area (Å²) in [6.07, 6.45) is 3.74. The fraction of sp³-hybridized carbons (Fsp3) is 0.345. The van der Waals surface area contributed by atoms with E-state index in [1.807, 2.05) is 75.1 Å². The molecule has 1 aliphatic heterocycles. The fourth-order valence-electron chi connectivity index (χ4n) is 4.53. The van der Waals surface area contributed by atoms with Crippen molar-refractivity contribution in [1.29, 1.82) is 0 Å². The van der Waals surface area contributed by atoms with Gasteiger partial charge in [-0.25, -0.2) is 9.78 Å². The maximum Gasteiger partial charge on any atom is 0.331 e. The minimum atomic E-state index is -0.967. The number of amides is 1. The second-order valence-electron chi connectivity index (χ2n) is 10.3. The smallest absolute Gasteiger partial charge is 0.331 e. The molecule has 1 aromatic heterocycles. The van der Waals surface area contributed by atoms with E-state index >= 15 is 0 Å². The summed E-state index contributed by atoms with van der Waals surface area (Å²) < 4.78 is 0. The zero-order chi connectivity index (χ0) is 25.3. The lowest BCUT2D eigenvalue weighted by Crippen LogP contribution is -2.28. The summed E-state index contributed by atoms with van der Waals surface area (Å²) in [5, 5.41) is 13.7. The summed E-state index contributed by atoms with van der Waals surface area (Å²) in [6.45, 7) is 11.3. The van der Waals surface area contributed by atoms with Crippen molar-refractivity contribution < 1.29 is 14.7 Å². The molecule has 0 aliphatic carbocycles. The quantitative estimate of drug-likeness (QED) is 0.437. The van der Waals surface area contributed by atoms with Crippen LogP contribution < -0.4 is 5.32 Å². The van der Waals surface area contributed by atoms with Gasteiger partial charge in [-0.3, -0.25) is 4.79 Å². The van der Waals surface area contributed by atoms with Crippen LogP contribution in [0.15, 0.2) is 48.0 Å². The van der Waals surface area contributed by atoms with Gasteiger partial charge in [0.25, 0.3) is 5.91 Å². The number of hydrogen-bond acceptors (Lipinski definition) is 4. The molecule has 0 saturated carbocycles. The second-order valence-corrected chi connectivity index (χ2v) is 10.3. The molecule has 3 aromatic rings. The van der Waals surface area contributed by atoms with Crippen LogP contribution in [0.3, 0.4) is 0 Å². The number of nitrogens with zero attached hydrogens (tertiary/aromatic N) is 2. The van der Waals surface area contributed by atoms with Crippen molar-refractivity contribution in [3.8, 4) is 11.1 Å². The first-order valence-electron chi connectivity index (χ1n) is 12.1. The first-order valence-corrected chi connectivity index (χ1v) is 12.1. The van der Waals surface area contributed by atoms with Gasteiger partial charge >= 0.3 is 5.97 Å². The van der Waals surface area contributed by atoms with E-state index in [1.165, 1.54) is 0 Å². The number of hydrogen-bond donors (Lipinski definition) is 2. The number of aryl methyl sites for hydroxylation is 1. The Balaban J connectivity index is 1.86. The van der Waals surface area contributed by atoms with Gasteiger partial charge in [-0.2, -0.15) is 0 Å². The van der Waals surface area contributed by atoms with Gasteiger partial charge in [0.15, 0.2) is 0 Å². The van der Waals surface area contributed by atoms with Crippen molar-refractivity contribution in [3.05, 3.63) is 64.7 Å². The Kier molecular flexibility index (Phi) is 6.66. The Labute approximate surface area is 206 Å². The molecule has 0 spiro atoms. The number of rotatable bonds is 5. The summed E-state index contributed by atoms with van der Waals surface area (Å²) in [7, 11) is 0. The van der Waals surface area contributed by atoms with E-state index in [0.29, 0.717) is 16.9 Å². The van der Waals surface area contributed by atoms with E-state index in [-0.39, 0.29) is 17.0 Å². The first-order chi connectivity index (χ1) is 16.5. The van der Waals surface area contributed by atoms with Gasteiger partial charge < -0.3 is 15.3 Å². The van der Waals surface area contributed by atoms with E-state index < -0.39 is 5.97 Å². The summed E-state index contributed by atoms with van der Waals surface area (Å²) in [5.41, 5.74) is 5.13. The maximum absolute atomic E-state index is 13.3.